The number of aromatic hydroxyl groups is 1. The molecule has 1 fully saturated rings. The highest BCUT2D eigenvalue weighted by molar-refractivity contribution is 6.48. The van der Waals surface area contributed by atoms with Gasteiger partial charge in [0.25, 0.3) is 5.91 Å². The molecule has 5 rings (SSSR count). The number of Topliss-reactive ketones (excluding diaryl/α,β-unsaturated/α-hetero) is 2. The molecular formula is C22H16N4O4. The topological polar surface area (TPSA) is 116 Å². The van der Waals surface area contributed by atoms with E-state index < -0.39 is 29.4 Å². The Kier molecular flexibility index (Phi) is 3.89. The van der Waals surface area contributed by atoms with Gasteiger partial charge in [0, 0.05) is 11.1 Å². The van der Waals surface area contributed by atoms with Crippen LogP contribution in [0.5, 0.6) is 5.75 Å². The summed E-state index contributed by atoms with van der Waals surface area (Å²) in [7, 11) is 0. The fourth-order valence-corrected chi connectivity index (χ4v) is 4.04. The van der Waals surface area contributed by atoms with Crippen LogP contribution in [0.3, 0.4) is 0 Å². The number of nitrogens with one attached hydrogen (secondary N) is 1. The van der Waals surface area contributed by atoms with Gasteiger partial charge in [-0.25, -0.2) is 9.97 Å². The lowest BCUT2D eigenvalue weighted by Crippen LogP contribution is -2.30. The summed E-state index contributed by atoms with van der Waals surface area (Å²) in [6.45, 7) is 1.29. The number of phenols is 1. The second-order valence-electron chi connectivity index (χ2n) is 7.26. The molecule has 2 aromatic carbocycles. The Balaban J connectivity index is 1.72. The Labute approximate surface area is 170 Å². The van der Waals surface area contributed by atoms with E-state index in [2.05, 4.69) is 15.0 Å². The minimum absolute atomic E-state index is 0.0187. The van der Waals surface area contributed by atoms with Crippen LogP contribution in [0.25, 0.3) is 21.9 Å². The van der Waals surface area contributed by atoms with Crippen molar-refractivity contribution in [3.05, 3.63) is 60.6 Å². The number of imidazole rings is 1. The third-order valence-corrected chi connectivity index (χ3v) is 5.45. The van der Waals surface area contributed by atoms with Crippen molar-refractivity contribution < 1.29 is 19.5 Å². The molecule has 148 valence electrons. The molecule has 2 N–H and O–H groups in total. The summed E-state index contributed by atoms with van der Waals surface area (Å²) in [5.74, 6) is -3.14. The number of pyridine rings is 1. The Bertz CT molecular complexity index is 1360. The van der Waals surface area contributed by atoms with Gasteiger partial charge < -0.3 is 10.1 Å². The Morgan fingerprint density at radius 2 is 1.97 bits per heavy atom. The highest BCUT2D eigenvalue weighted by Crippen LogP contribution is 2.40. The average molecular weight is 400 g/mol. The first-order valence-corrected chi connectivity index (χ1v) is 9.35. The van der Waals surface area contributed by atoms with Crippen LogP contribution in [-0.2, 0) is 14.4 Å². The molecule has 2 unspecified atom stereocenters. The predicted octanol–water partition coefficient (Wildman–Crippen LogP) is 2.68. The SMILES string of the molecule is CC(=O)C1C(=O)C(=O)N(c2ccc3nc[nH]c3c2)C1c1ccc2cccc(O)c2n1. The van der Waals surface area contributed by atoms with Crippen LogP contribution in [0.15, 0.2) is 54.9 Å². The predicted molar refractivity (Wildman–Crippen MR) is 109 cm³/mol. The zero-order chi connectivity index (χ0) is 21.0. The van der Waals surface area contributed by atoms with E-state index in [0.717, 1.165) is 0 Å². The number of aromatic amines is 1. The number of anilines is 1. The van der Waals surface area contributed by atoms with Gasteiger partial charge in [0.2, 0.25) is 5.78 Å². The summed E-state index contributed by atoms with van der Waals surface area (Å²) in [6.07, 6.45) is 1.54. The van der Waals surface area contributed by atoms with Crippen molar-refractivity contribution >= 4 is 45.1 Å². The maximum Gasteiger partial charge on any atom is 0.295 e. The lowest BCUT2D eigenvalue weighted by atomic mass is 9.92. The number of rotatable bonds is 3. The summed E-state index contributed by atoms with van der Waals surface area (Å²) in [6, 6.07) is 12.6. The molecule has 3 heterocycles. The zero-order valence-corrected chi connectivity index (χ0v) is 15.9. The Hall–Kier alpha value is -4.07. The number of amides is 1. The second kappa shape index (κ2) is 6.48. The van der Waals surface area contributed by atoms with Crippen molar-refractivity contribution in [1.82, 2.24) is 15.0 Å². The summed E-state index contributed by atoms with van der Waals surface area (Å²) >= 11 is 0. The Morgan fingerprint density at radius 3 is 2.77 bits per heavy atom. The largest absolute Gasteiger partial charge is 0.506 e. The number of hydrogen-bond acceptors (Lipinski definition) is 6. The molecule has 2 atom stereocenters. The van der Waals surface area contributed by atoms with Crippen LogP contribution in [0, 0.1) is 5.92 Å². The van der Waals surface area contributed by atoms with E-state index in [0.29, 0.717) is 33.3 Å². The number of phenolic OH excluding ortho intramolecular Hbond substituents is 1. The molecule has 8 heteroatoms. The van der Waals surface area contributed by atoms with Gasteiger partial charge in [-0.05, 0) is 37.3 Å². The number of para-hydroxylation sites is 1. The number of carbonyl (C=O) groups excluding carboxylic acids is 3. The van der Waals surface area contributed by atoms with Gasteiger partial charge in [-0.2, -0.15) is 0 Å². The van der Waals surface area contributed by atoms with Gasteiger partial charge in [0.1, 0.15) is 23.0 Å². The lowest BCUT2D eigenvalue weighted by molar-refractivity contribution is -0.138. The van der Waals surface area contributed by atoms with Crippen molar-refractivity contribution in [3.8, 4) is 5.75 Å². The molecule has 4 aromatic rings. The van der Waals surface area contributed by atoms with Crippen LogP contribution in [-0.4, -0.2) is 37.5 Å². The van der Waals surface area contributed by atoms with E-state index in [1.165, 1.54) is 24.2 Å². The first-order valence-electron chi connectivity index (χ1n) is 9.35. The van der Waals surface area contributed by atoms with E-state index in [4.69, 9.17) is 0 Å². The molecular weight excluding hydrogens is 384 g/mol. The number of benzene rings is 2. The van der Waals surface area contributed by atoms with E-state index >= 15 is 0 Å². The van der Waals surface area contributed by atoms with Crippen LogP contribution in [0.4, 0.5) is 5.69 Å². The van der Waals surface area contributed by atoms with Gasteiger partial charge in [-0.1, -0.05) is 18.2 Å². The molecule has 0 aliphatic carbocycles. The third-order valence-electron chi connectivity index (χ3n) is 5.45. The third kappa shape index (κ3) is 2.57. The lowest BCUT2D eigenvalue weighted by Gasteiger charge is -2.26. The monoisotopic (exact) mass is 400 g/mol. The van der Waals surface area contributed by atoms with E-state index in [9.17, 15) is 19.5 Å². The summed E-state index contributed by atoms with van der Waals surface area (Å²) in [5, 5.41) is 10.9. The van der Waals surface area contributed by atoms with Crippen LogP contribution in [0.2, 0.25) is 0 Å². The van der Waals surface area contributed by atoms with Gasteiger partial charge in [-0.15, -0.1) is 0 Å². The quantitative estimate of drug-likeness (QED) is 0.403. The first kappa shape index (κ1) is 18.0. The number of aromatic nitrogens is 3. The molecule has 2 aromatic heterocycles. The summed E-state index contributed by atoms with van der Waals surface area (Å²) < 4.78 is 0. The number of nitrogens with zero attached hydrogens (tertiary/aromatic N) is 3. The molecule has 0 saturated carbocycles. The molecule has 1 saturated heterocycles. The fraction of sp³-hybridized carbons (Fsp3) is 0.136. The number of H-pyrrole nitrogens is 1. The number of ketones is 2. The standard InChI is InChI=1S/C22H16N4O4/c1-11(27)18-20(15-7-5-12-3-2-4-17(28)19(12)25-15)26(22(30)21(18)29)13-6-8-14-16(9-13)24-10-23-14/h2-10,18,20,28H,1H3,(H,23,24). The van der Waals surface area contributed by atoms with E-state index in [-0.39, 0.29) is 5.75 Å². The molecule has 1 aliphatic heterocycles. The van der Waals surface area contributed by atoms with Gasteiger partial charge in [-0.3, -0.25) is 19.3 Å². The average Bonchev–Trinajstić information content (AvgIpc) is 3.30. The maximum atomic E-state index is 12.9. The number of carbonyl (C=O) groups is 3. The minimum Gasteiger partial charge on any atom is -0.506 e. The zero-order valence-electron chi connectivity index (χ0n) is 15.9. The van der Waals surface area contributed by atoms with Crippen LogP contribution < -0.4 is 4.90 Å². The molecule has 0 spiro atoms. The Morgan fingerprint density at radius 1 is 1.13 bits per heavy atom. The first-order chi connectivity index (χ1) is 14.5. The second-order valence-corrected chi connectivity index (χ2v) is 7.26. The molecule has 0 bridgehead atoms. The highest BCUT2D eigenvalue weighted by Gasteiger charge is 2.51. The van der Waals surface area contributed by atoms with Crippen LogP contribution in [0.1, 0.15) is 18.7 Å². The van der Waals surface area contributed by atoms with Crippen LogP contribution >= 0.6 is 0 Å². The molecule has 30 heavy (non-hydrogen) atoms. The fourth-order valence-electron chi connectivity index (χ4n) is 4.04. The van der Waals surface area contributed by atoms with Gasteiger partial charge in [0.15, 0.2) is 0 Å². The number of hydrogen-bond donors (Lipinski definition) is 2. The minimum atomic E-state index is -1.18. The van der Waals surface area contributed by atoms with E-state index in [1.54, 1.807) is 42.5 Å². The van der Waals surface area contributed by atoms with E-state index in [1.807, 2.05) is 0 Å². The molecule has 8 nitrogen and oxygen atoms in total. The van der Waals surface area contributed by atoms with Crippen molar-refractivity contribution in [2.45, 2.75) is 13.0 Å². The van der Waals surface area contributed by atoms with Gasteiger partial charge >= 0.3 is 0 Å². The maximum absolute atomic E-state index is 12.9. The highest BCUT2D eigenvalue weighted by atomic mass is 16.3. The molecule has 0 radical (unpaired) electrons. The van der Waals surface area contributed by atoms with Crippen molar-refractivity contribution in [2.75, 3.05) is 4.90 Å². The summed E-state index contributed by atoms with van der Waals surface area (Å²) in [5.41, 5.74) is 2.56. The molecule has 1 amide bonds. The molecule has 1 aliphatic rings. The summed E-state index contributed by atoms with van der Waals surface area (Å²) in [4.78, 5) is 51.0. The number of fused-ring (bicyclic) bond motifs is 2. The van der Waals surface area contributed by atoms with Gasteiger partial charge in [0.05, 0.1) is 29.1 Å². The smallest absolute Gasteiger partial charge is 0.295 e. The van der Waals surface area contributed by atoms with Crippen molar-refractivity contribution in [3.63, 3.8) is 0 Å². The van der Waals surface area contributed by atoms with Crippen molar-refractivity contribution in [2.24, 2.45) is 5.92 Å². The van der Waals surface area contributed by atoms with Crippen molar-refractivity contribution in [1.29, 1.82) is 0 Å². The normalized spacial score (nSPS) is 19.2.